The Morgan fingerprint density at radius 2 is 2.10 bits per heavy atom. The number of imide groups is 1. The summed E-state index contributed by atoms with van der Waals surface area (Å²) >= 11 is 0. The van der Waals surface area contributed by atoms with Crippen molar-refractivity contribution < 1.29 is 9.59 Å². The molecule has 1 aliphatic rings. The minimum atomic E-state index is -0.408. The van der Waals surface area contributed by atoms with Crippen LogP contribution in [0.3, 0.4) is 0 Å². The van der Waals surface area contributed by atoms with Crippen molar-refractivity contribution >= 4 is 41.8 Å². The molecule has 3 rings (SSSR count). The predicted octanol–water partition coefficient (Wildman–Crippen LogP) is 0.783. The van der Waals surface area contributed by atoms with Crippen LogP contribution in [0.25, 0.3) is 10.9 Å². The number of pyridine rings is 1. The zero-order valence-corrected chi connectivity index (χ0v) is 11.0. The summed E-state index contributed by atoms with van der Waals surface area (Å²) in [4.78, 5) is 29.1. The number of anilines is 1. The van der Waals surface area contributed by atoms with E-state index in [9.17, 15) is 9.59 Å². The van der Waals surface area contributed by atoms with Crippen LogP contribution in [-0.2, 0) is 4.79 Å². The molecule has 2 radical (unpaired) electrons. The molecule has 0 spiro atoms. The third kappa shape index (κ3) is 2.13. The van der Waals surface area contributed by atoms with E-state index in [4.69, 9.17) is 7.85 Å². The number of benzene rings is 1. The number of carbonyl (C=O) groups is 2. The molecule has 0 atom stereocenters. The fourth-order valence-electron chi connectivity index (χ4n) is 2.35. The average Bonchev–Trinajstić information content (AvgIpc) is 2.39. The first kappa shape index (κ1) is 12.7. The maximum absolute atomic E-state index is 11.9. The number of amides is 3. The fraction of sp³-hybridized carbons (Fsp3) is 0.214. The van der Waals surface area contributed by atoms with Gasteiger partial charge in [-0.2, -0.15) is 0 Å². The summed E-state index contributed by atoms with van der Waals surface area (Å²) in [7, 11) is 5.77. The summed E-state index contributed by atoms with van der Waals surface area (Å²) in [6, 6.07) is 6.93. The number of hydrogen-bond acceptors (Lipinski definition) is 3. The van der Waals surface area contributed by atoms with Crippen LogP contribution in [0.4, 0.5) is 10.5 Å². The van der Waals surface area contributed by atoms with E-state index in [2.05, 4.69) is 10.3 Å². The van der Waals surface area contributed by atoms with Crippen molar-refractivity contribution in [2.75, 3.05) is 11.4 Å². The van der Waals surface area contributed by atoms with E-state index >= 15 is 0 Å². The van der Waals surface area contributed by atoms with Gasteiger partial charge in [-0.25, -0.2) is 4.79 Å². The van der Waals surface area contributed by atoms with Crippen molar-refractivity contribution in [2.24, 2.45) is 0 Å². The molecule has 1 aromatic heterocycles. The third-order valence-electron chi connectivity index (χ3n) is 3.35. The van der Waals surface area contributed by atoms with Crippen molar-refractivity contribution in [1.82, 2.24) is 10.3 Å². The first-order valence-corrected chi connectivity index (χ1v) is 6.33. The van der Waals surface area contributed by atoms with Gasteiger partial charge >= 0.3 is 6.03 Å². The lowest BCUT2D eigenvalue weighted by Crippen LogP contribution is -2.49. The zero-order chi connectivity index (χ0) is 14.3. The predicted molar refractivity (Wildman–Crippen MR) is 77.4 cm³/mol. The van der Waals surface area contributed by atoms with E-state index in [0.717, 1.165) is 16.6 Å². The molecule has 98 valence electrons. The number of nitrogens with zero attached hydrogens (tertiary/aromatic N) is 2. The number of carbonyl (C=O) groups excluding carboxylic acids is 2. The summed E-state index contributed by atoms with van der Waals surface area (Å²) in [6.07, 6.45) is 0.292. The first-order valence-electron chi connectivity index (χ1n) is 6.33. The Kier molecular flexibility index (Phi) is 2.93. The summed E-state index contributed by atoms with van der Waals surface area (Å²) in [5.41, 5.74) is 2.92. The molecule has 2 aromatic rings. The molecule has 20 heavy (non-hydrogen) atoms. The summed E-state index contributed by atoms with van der Waals surface area (Å²) in [5.74, 6) is -0.248. The molecule has 1 saturated heterocycles. The zero-order valence-electron chi connectivity index (χ0n) is 11.0. The van der Waals surface area contributed by atoms with Crippen LogP contribution in [0.5, 0.6) is 0 Å². The molecule has 2 heterocycles. The summed E-state index contributed by atoms with van der Waals surface area (Å²) < 4.78 is 0. The van der Waals surface area contributed by atoms with E-state index in [1.807, 2.05) is 25.1 Å². The van der Waals surface area contributed by atoms with Gasteiger partial charge in [0.25, 0.3) is 0 Å². The molecule has 5 nitrogen and oxygen atoms in total. The maximum Gasteiger partial charge on any atom is 0.328 e. The highest BCUT2D eigenvalue weighted by Gasteiger charge is 2.25. The van der Waals surface area contributed by atoms with Gasteiger partial charge in [-0.05, 0) is 19.1 Å². The third-order valence-corrected chi connectivity index (χ3v) is 3.35. The standard InChI is InChI=1S/C14H12BN3O2/c1-8-12(18-5-4-13(19)17-14(18)20)7-9-6-10(15)2-3-11(9)16-8/h2-3,6-7H,4-5H2,1H3,(H,17,19,20). The first-order chi connectivity index (χ1) is 9.54. The van der Waals surface area contributed by atoms with E-state index in [0.29, 0.717) is 24.1 Å². The molecule has 3 amide bonds. The highest BCUT2D eigenvalue weighted by Crippen LogP contribution is 2.24. The number of nitrogens with one attached hydrogen (secondary N) is 1. The van der Waals surface area contributed by atoms with Gasteiger partial charge in [-0.3, -0.25) is 20.0 Å². The van der Waals surface area contributed by atoms with E-state index in [1.165, 1.54) is 4.90 Å². The van der Waals surface area contributed by atoms with Gasteiger partial charge < -0.3 is 0 Å². The van der Waals surface area contributed by atoms with Crippen LogP contribution >= 0.6 is 0 Å². The molecule has 1 fully saturated rings. The number of aryl methyl sites for hydroxylation is 1. The quantitative estimate of drug-likeness (QED) is 0.775. The lowest BCUT2D eigenvalue weighted by molar-refractivity contribution is -0.120. The van der Waals surface area contributed by atoms with Gasteiger partial charge in [0.15, 0.2) is 0 Å². The van der Waals surface area contributed by atoms with Crippen molar-refractivity contribution in [2.45, 2.75) is 13.3 Å². The largest absolute Gasteiger partial charge is 0.328 e. The molecule has 0 saturated carbocycles. The monoisotopic (exact) mass is 265 g/mol. The van der Waals surface area contributed by atoms with Crippen LogP contribution in [0.1, 0.15) is 12.1 Å². The van der Waals surface area contributed by atoms with Gasteiger partial charge in [0.1, 0.15) is 7.85 Å². The summed E-state index contributed by atoms with van der Waals surface area (Å²) in [6.45, 7) is 2.20. The number of rotatable bonds is 1. The lowest BCUT2D eigenvalue weighted by atomic mass is 9.94. The number of fused-ring (bicyclic) bond motifs is 1. The Bertz CT molecular complexity index is 730. The second-order valence-electron chi connectivity index (χ2n) is 4.80. The van der Waals surface area contributed by atoms with Crippen LogP contribution in [0.2, 0.25) is 0 Å². The second kappa shape index (κ2) is 4.63. The molecule has 0 bridgehead atoms. The Labute approximate surface area is 117 Å². The van der Waals surface area contributed by atoms with Crippen LogP contribution in [0, 0.1) is 6.92 Å². The van der Waals surface area contributed by atoms with Gasteiger partial charge in [0.2, 0.25) is 5.91 Å². The van der Waals surface area contributed by atoms with Gasteiger partial charge in [-0.15, -0.1) is 0 Å². The fourth-order valence-corrected chi connectivity index (χ4v) is 2.35. The van der Waals surface area contributed by atoms with Crippen molar-refractivity contribution in [3.8, 4) is 0 Å². The van der Waals surface area contributed by atoms with E-state index in [1.54, 1.807) is 6.07 Å². The Morgan fingerprint density at radius 1 is 1.30 bits per heavy atom. The second-order valence-corrected chi connectivity index (χ2v) is 4.80. The Balaban J connectivity index is 2.08. The maximum atomic E-state index is 11.9. The molecule has 1 aromatic carbocycles. The van der Waals surface area contributed by atoms with E-state index < -0.39 is 6.03 Å². The van der Waals surface area contributed by atoms with Gasteiger partial charge in [0, 0.05) is 18.4 Å². The summed E-state index contributed by atoms with van der Waals surface area (Å²) in [5, 5.41) is 3.18. The normalized spacial score (nSPS) is 15.6. The topological polar surface area (TPSA) is 62.3 Å². The number of urea groups is 1. The molecule has 1 N–H and O–H groups in total. The van der Waals surface area contributed by atoms with Gasteiger partial charge in [-0.1, -0.05) is 17.6 Å². The van der Waals surface area contributed by atoms with Gasteiger partial charge in [0.05, 0.1) is 16.9 Å². The molecular weight excluding hydrogens is 253 g/mol. The number of hydrogen-bond donors (Lipinski definition) is 1. The van der Waals surface area contributed by atoms with Crippen molar-refractivity contribution in [3.63, 3.8) is 0 Å². The molecular formula is C14H12BN3O2. The number of aromatic nitrogens is 1. The molecule has 0 aliphatic carbocycles. The Hall–Kier alpha value is -2.37. The van der Waals surface area contributed by atoms with Crippen LogP contribution < -0.4 is 15.7 Å². The highest BCUT2D eigenvalue weighted by atomic mass is 16.2. The van der Waals surface area contributed by atoms with E-state index in [-0.39, 0.29) is 5.91 Å². The van der Waals surface area contributed by atoms with Crippen LogP contribution in [-0.4, -0.2) is 31.3 Å². The average molecular weight is 265 g/mol. The Morgan fingerprint density at radius 3 is 2.85 bits per heavy atom. The lowest BCUT2D eigenvalue weighted by Gasteiger charge is -2.27. The minimum Gasteiger partial charge on any atom is -0.292 e. The minimum absolute atomic E-state index is 0.248. The van der Waals surface area contributed by atoms with Crippen molar-refractivity contribution in [3.05, 3.63) is 30.0 Å². The van der Waals surface area contributed by atoms with Crippen LogP contribution in [0.15, 0.2) is 24.3 Å². The smallest absolute Gasteiger partial charge is 0.292 e. The van der Waals surface area contributed by atoms with Crippen molar-refractivity contribution in [1.29, 1.82) is 0 Å². The highest BCUT2D eigenvalue weighted by molar-refractivity contribution is 6.33. The molecule has 0 unspecified atom stereocenters. The SMILES string of the molecule is [B]c1ccc2nc(C)c(N3CCC(=O)NC3=O)cc2c1. The molecule has 1 aliphatic heterocycles. The molecule has 6 heteroatoms.